The molecule has 2 rings (SSSR count). The Hall–Kier alpha value is -2.47. The minimum atomic E-state index is -1.16. The second kappa shape index (κ2) is 6.75. The molecule has 1 aromatic heterocycles. The average molecular weight is 338 g/mol. The van der Waals surface area contributed by atoms with Crippen LogP contribution >= 0.6 is 11.6 Å². The van der Waals surface area contributed by atoms with Gasteiger partial charge in [-0.2, -0.15) is 0 Å². The average Bonchev–Trinajstić information content (AvgIpc) is 2.93. The molecule has 0 radical (unpaired) electrons. The van der Waals surface area contributed by atoms with Crippen LogP contribution in [0.2, 0.25) is 5.02 Å². The van der Waals surface area contributed by atoms with Crippen molar-refractivity contribution >= 4 is 23.5 Å². The van der Waals surface area contributed by atoms with Crippen LogP contribution in [0.3, 0.4) is 0 Å². The topological polar surface area (TPSA) is 88.8 Å². The lowest BCUT2D eigenvalue weighted by Crippen LogP contribution is -2.46. The van der Waals surface area contributed by atoms with Crippen LogP contribution in [0.5, 0.6) is 5.75 Å². The summed E-state index contributed by atoms with van der Waals surface area (Å²) in [6.45, 7) is 3.30. The minimum absolute atomic E-state index is 0.0639. The number of nitrogens with one attached hydrogen (secondary N) is 1. The first-order valence-electron chi connectivity index (χ1n) is 6.83. The molecule has 23 heavy (non-hydrogen) atoms. The highest BCUT2D eigenvalue weighted by Gasteiger charge is 2.30. The number of ether oxygens (including phenoxy) is 1. The number of hydrogen-bond donors (Lipinski definition) is 2. The molecule has 0 saturated heterocycles. The first kappa shape index (κ1) is 16.9. The molecule has 6 nitrogen and oxygen atoms in total. The summed E-state index contributed by atoms with van der Waals surface area (Å²) in [5.41, 5.74) is -1.13. The Morgan fingerprint density at radius 3 is 2.65 bits per heavy atom. The van der Waals surface area contributed by atoms with Crippen molar-refractivity contribution in [3.8, 4) is 5.75 Å². The molecule has 0 aliphatic heterocycles. The fourth-order valence-corrected chi connectivity index (χ4v) is 2.02. The van der Waals surface area contributed by atoms with E-state index in [-0.39, 0.29) is 18.2 Å². The van der Waals surface area contributed by atoms with Gasteiger partial charge in [-0.15, -0.1) is 0 Å². The normalized spacial score (nSPS) is 11.1. The van der Waals surface area contributed by atoms with E-state index in [2.05, 4.69) is 5.32 Å². The molecule has 0 spiro atoms. The summed E-state index contributed by atoms with van der Waals surface area (Å²) in [6.07, 6.45) is 0. The monoisotopic (exact) mass is 337 g/mol. The number of hydrogen-bond acceptors (Lipinski definition) is 4. The second-order valence-corrected chi connectivity index (χ2v) is 5.76. The van der Waals surface area contributed by atoms with Gasteiger partial charge in [-0.25, -0.2) is 4.79 Å². The number of carboxylic acid groups (broad SMARTS) is 1. The van der Waals surface area contributed by atoms with Crippen LogP contribution < -0.4 is 10.1 Å². The Morgan fingerprint density at radius 2 is 2.04 bits per heavy atom. The first-order chi connectivity index (χ1) is 10.8. The number of halogens is 1. The maximum absolute atomic E-state index is 12.2. The van der Waals surface area contributed by atoms with Gasteiger partial charge in [0.25, 0.3) is 5.91 Å². The standard InChI is InChI=1S/C16H16ClNO5/c1-16(2,23-11-5-3-4-10(17)8-11)15(21)18-9-12-6-7-13(22-12)14(19)20/h3-8H,9H2,1-2H3,(H,18,21)(H,19,20). The van der Waals surface area contributed by atoms with Crippen molar-refractivity contribution in [3.05, 3.63) is 52.9 Å². The number of carbonyl (C=O) groups excluding carboxylic acids is 1. The van der Waals surface area contributed by atoms with Gasteiger partial charge in [-0.05, 0) is 44.2 Å². The van der Waals surface area contributed by atoms with Gasteiger partial charge in [0, 0.05) is 5.02 Å². The van der Waals surface area contributed by atoms with E-state index in [0.717, 1.165) is 0 Å². The summed E-state index contributed by atoms with van der Waals surface area (Å²) in [7, 11) is 0. The number of amides is 1. The molecule has 1 amide bonds. The molecule has 1 heterocycles. The summed E-state index contributed by atoms with van der Waals surface area (Å²) in [6, 6.07) is 9.57. The van der Waals surface area contributed by atoms with E-state index >= 15 is 0 Å². The maximum Gasteiger partial charge on any atom is 0.371 e. The minimum Gasteiger partial charge on any atom is -0.478 e. The molecular formula is C16H16ClNO5. The quantitative estimate of drug-likeness (QED) is 0.845. The van der Waals surface area contributed by atoms with E-state index in [1.807, 2.05) is 0 Å². The van der Waals surface area contributed by atoms with E-state index < -0.39 is 11.6 Å². The number of rotatable bonds is 6. The SMILES string of the molecule is CC(C)(Oc1cccc(Cl)c1)C(=O)NCc1ccc(C(=O)O)o1. The number of carbonyl (C=O) groups is 2. The highest BCUT2D eigenvalue weighted by atomic mass is 35.5. The van der Waals surface area contributed by atoms with Crippen molar-refractivity contribution in [1.82, 2.24) is 5.32 Å². The Bertz CT molecular complexity index is 723. The molecule has 0 aliphatic rings. The molecule has 0 saturated carbocycles. The van der Waals surface area contributed by atoms with Gasteiger partial charge in [0.1, 0.15) is 11.5 Å². The van der Waals surface area contributed by atoms with Crippen molar-refractivity contribution < 1.29 is 23.8 Å². The van der Waals surface area contributed by atoms with Crippen molar-refractivity contribution in [2.45, 2.75) is 26.0 Å². The molecule has 0 unspecified atom stereocenters. The number of carboxylic acids is 1. The highest BCUT2D eigenvalue weighted by molar-refractivity contribution is 6.30. The van der Waals surface area contributed by atoms with Crippen LogP contribution in [-0.4, -0.2) is 22.6 Å². The molecule has 2 N–H and O–H groups in total. The number of benzene rings is 1. The number of aromatic carboxylic acids is 1. The third kappa shape index (κ3) is 4.50. The summed E-state index contributed by atoms with van der Waals surface area (Å²) in [5.74, 6) is -0.889. The Balaban J connectivity index is 1.96. The molecule has 0 aliphatic carbocycles. The zero-order valence-corrected chi connectivity index (χ0v) is 13.4. The molecule has 0 bridgehead atoms. The Kier molecular flexibility index (Phi) is 4.95. The highest BCUT2D eigenvalue weighted by Crippen LogP contribution is 2.22. The Labute approximate surface area is 138 Å². The fraction of sp³-hybridized carbons (Fsp3) is 0.250. The van der Waals surface area contributed by atoms with Gasteiger partial charge in [-0.3, -0.25) is 4.79 Å². The summed E-state index contributed by atoms with van der Waals surface area (Å²) in [5, 5.41) is 11.9. The van der Waals surface area contributed by atoms with Crippen molar-refractivity contribution in [2.24, 2.45) is 0 Å². The molecule has 7 heteroatoms. The molecular weight excluding hydrogens is 322 g/mol. The predicted molar refractivity (Wildman–Crippen MR) is 83.7 cm³/mol. The first-order valence-corrected chi connectivity index (χ1v) is 7.20. The van der Waals surface area contributed by atoms with Gasteiger partial charge < -0.3 is 19.6 Å². The van der Waals surface area contributed by atoms with E-state index in [0.29, 0.717) is 16.5 Å². The van der Waals surface area contributed by atoms with Crippen LogP contribution in [0.4, 0.5) is 0 Å². The zero-order chi connectivity index (χ0) is 17.0. The third-order valence-corrected chi connectivity index (χ3v) is 3.25. The molecule has 1 aromatic carbocycles. The smallest absolute Gasteiger partial charge is 0.371 e. The van der Waals surface area contributed by atoms with Gasteiger partial charge in [0.05, 0.1) is 6.54 Å². The predicted octanol–water partition coefficient (Wildman–Crippen LogP) is 3.11. The Morgan fingerprint density at radius 1 is 1.30 bits per heavy atom. The maximum atomic E-state index is 12.2. The molecule has 2 aromatic rings. The second-order valence-electron chi connectivity index (χ2n) is 5.32. The van der Waals surface area contributed by atoms with Gasteiger partial charge in [-0.1, -0.05) is 17.7 Å². The summed E-state index contributed by atoms with van der Waals surface area (Å²) >= 11 is 5.88. The third-order valence-electron chi connectivity index (χ3n) is 3.01. The fourth-order valence-electron chi connectivity index (χ4n) is 1.84. The lowest BCUT2D eigenvalue weighted by Gasteiger charge is -2.25. The van der Waals surface area contributed by atoms with Crippen molar-refractivity contribution in [1.29, 1.82) is 0 Å². The largest absolute Gasteiger partial charge is 0.478 e. The number of furan rings is 1. The van der Waals surface area contributed by atoms with Gasteiger partial charge in [0.15, 0.2) is 5.60 Å². The summed E-state index contributed by atoms with van der Waals surface area (Å²) < 4.78 is 10.7. The van der Waals surface area contributed by atoms with Crippen LogP contribution in [0.15, 0.2) is 40.8 Å². The van der Waals surface area contributed by atoms with Crippen LogP contribution in [-0.2, 0) is 11.3 Å². The van der Waals surface area contributed by atoms with Gasteiger partial charge in [0.2, 0.25) is 5.76 Å². The van der Waals surface area contributed by atoms with Crippen LogP contribution in [0.1, 0.15) is 30.2 Å². The van der Waals surface area contributed by atoms with Crippen molar-refractivity contribution in [3.63, 3.8) is 0 Å². The summed E-state index contributed by atoms with van der Waals surface area (Å²) in [4.78, 5) is 23.0. The molecule has 0 fully saturated rings. The van der Waals surface area contributed by atoms with Gasteiger partial charge >= 0.3 is 5.97 Å². The van der Waals surface area contributed by atoms with Crippen molar-refractivity contribution in [2.75, 3.05) is 0 Å². The molecule has 0 atom stereocenters. The van der Waals surface area contributed by atoms with E-state index in [9.17, 15) is 9.59 Å². The molecule has 122 valence electrons. The van der Waals surface area contributed by atoms with E-state index in [4.69, 9.17) is 25.9 Å². The lowest BCUT2D eigenvalue weighted by molar-refractivity contribution is -0.134. The lowest BCUT2D eigenvalue weighted by atomic mass is 10.1. The van der Waals surface area contributed by atoms with E-state index in [1.165, 1.54) is 12.1 Å². The van der Waals surface area contributed by atoms with E-state index in [1.54, 1.807) is 38.1 Å². The zero-order valence-electron chi connectivity index (χ0n) is 12.6. The van der Waals surface area contributed by atoms with Crippen LogP contribution in [0, 0.1) is 0 Å². The van der Waals surface area contributed by atoms with Crippen LogP contribution in [0.25, 0.3) is 0 Å².